The number of benzene rings is 1. The first-order valence-electron chi connectivity index (χ1n) is 12.4. The third-order valence-corrected chi connectivity index (χ3v) is 7.22. The minimum atomic E-state index is -0.815. The van der Waals surface area contributed by atoms with E-state index >= 15 is 0 Å². The average Bonchev–Trinajstić information content (AvgIpc) is 3.50. The fourth-order valence-corrected chi connectivity index (χ4v) is 5.25. The second-order valence-electron chi connectivity index (χ2n) is 9.63. The number of aryl methyl sites for hydroxylation is 1. The number of fused-ring (bicyclic) bond motifs is 2. The Balaban J connectivity index is 1.41. The molecule has 1 saturated carbocycles. The number of nitrogens with zero attached hydrogens (tertiary/aromatic N) is 6. The summed E-state index contributed by atoms with van der Waals surface area (Å²) in [7, 11) is 1.79. The van der Waals surface area contributed by atoms with Crippen LogP contribution >= 0.6 is 0 Å². The maximum atomic E-state index is 14.0. The fraction of sp³-hybridized carbons (Fsp3) is 0.462. The Bertz CT molecular complexity index is 1360. The Morgan fingerprint density at radius 2 is 1.77 bits per heavy atom. The first-order valence-corrected chi connectivity index (χ1v) is 12.4. The molecule has 1 saturated heterocycles. The van der Waals surface area contributed by atoms with Crippen molar-refractivity contribution in [3.63, 3.8) is 0 Å². The van der Waals surface area contributed by atoms with Gasteiger partial charge in [-0.05, 0) is 51.2 Å². The van der Waals surface area contributed by atoms with Crippen molar-refractivity contribution in [3.8, 4) is 11.4 Å². The van der Waals surface area contributed by atoms with Gasteiger partial charge in [0.05, 0.1) is 29.4 Å². The number of anilines is 2. The van der Waals surface area contributed by atoms with Gasteiger partial charge in [-0.3, -0.25) is 0 Å². The molecule has 0 amide bonds. The van der Waals surface area contributed by atoms with Crippen LogP contribution in [-0.2, 0) is 4.74 Å². The van der Waals surface area contributed by atoms with E-state index in [1.54, 1.807) is 7.11 Å². The first kappa shape index (κ1) is 22.2. The maximum absolute atomic E-state index is 14.0. The Morgan fingerprint density at radius 3 is 2.49 bits per heavy atom. The molecule has 0 bridgehead atoms. The van der Waals surface area contributed by atoms with Crippen LogP contribution in [0.25, 0.3) is 28.1 Å². The van der Waals surface area contributed by atoms with Gasteiger partial charge < -0.3 is 15.0 Å². The van der Waals surface area contributed by atoms with Crippen LogP contribution in [-0.4, -0.2) is 63.1 Å². The number of hydrogen-bond donors (Lipinski definition) is 1. The lowest BCUT2D eigenvalue weighted by atomic mass is 9.93. The van der Waals surface area contributed by atoms with Gasteiger partial charge in [0, 0.05) is 31.8 Å². The summed E-state index contributed by atoms with van der Waals surface area (Å²) in [5, 5.41) is 8.60. The molecule has 1 aliphatic heterocycles. The van der Waals surface area contributed by atoms with Crippen molar-refractivity contribution in [2.24, 2.45) is 0 Å². The van der Waals surface area contributed by atoms with Crippen LogP contribution in [0.2, 0.25) is 0 Å². The average molecular weight is 476 g/mol. The zero-order valence-electron chi connectivity index (χ0n) is 20.1. The number of methoxy groups -OCH3 is 1. The van der Waals surface area contributed by atoms with E-state index in [1.807, 2.05) is 52.7 Å². The zero-order valence-corrected chi connectivity index (χ0v) is 20.1. The van der Waals surface area contributed by atoms with Crippen LogP contribution in [0.5, 0.6) is 0 Å². The lowest BCUT2D eigenvalue weighted by Gasteiger charge is -2.29. The van der Waals surface area contributed by atoms with Crippen molar-refractivity contribution in [1.82, 2.24) is 24.6 Å². The van der Waals surface area contributed by atoms with Gasteiger partial charge in [0.15, 0.2) is 5.65 Å². The number of para-hydroxylation sites is 2. The molecular weight excluding hydrogens is 445 g/mol. The van der Waals surface area contributed by atoms with Crippen molar-refractivity contribution >= 4 is 28.3 Å². The van der Waals surface area contributed by atoms with Crippen LogP contribution in [0.4, 0.5) is 16.0 Å². The van der Waals surface area contributed by atoms with Crippen LogP contribution in [0.1, 0.15) is 37.8 Å². The van der Waals surface area contributed by atoms with Crippen LogP contribution in [0.15, 0.2) is 36.4 Å². The predicted octanol–water partition coefficient (Wildman–Crippen LogP) is 4.57. The summed E-state index contributed by atoms with van der Waals surface area (Å²) in [6, 6.07) is 12.1. The Labute approximate surface area is 203 Å². The van der Waals surface area contributed by atoms with E-state index in [-0.39, 0.29) is 0 Å². The number of nitrogens with one attached hydrogen (secondary N) is 1. The molecular formula is C26H30FN7O. The predicted molar refractivity (Wildman–Crippen MR) is 135 cm³/mol. The molecule has 3 aromatic heterocycles. The highest BCUT2D eigenvalue weighted by Crippen LogP contribution is 2.30. The van der Waals surface area contributed by atoms with Gasteiger partial charge >= 0.3 is 0 Å². The van der Waals surface area contributed by atoms with Crippen molar-refractivity contribution in [2.45, 2.75) is 57.3 Å². The van der Waals surface area contributed by atoms with Gasteiger partial charge in [0.1, 0.15) is 29.2 Å². The minimum Gasteiger partial charge on any atom is -0.381 e. The van der Waals surface area contributed by atoms with Gasteiger partial charge in [0.2, 0.25) is 0 Å². The van der Waals surface area contributed by atoms with Gasteiger partial charge in [-0.15, -0.1) is 0 Å². The van der Waals surface area contributed by atoms with Gasteiger partial charge in [-0.1, -0.05) is 12.1 Å². The van der Waals surface area contributed by atoms with E-state index in [1.165, 1.54) is 0 Å². The topological polar surface area (TPSA) is 80.5 Å². The van der Waals surface area contributed by atoms with Gasteiger partial charge in [-0.2, -0.15) is 9.61 Å². The van der Waals surface area contributed by atoms with Gasteiger partial charge in [-0.25, -0.2) is 19.3 Å². The smallest absolute Gasteiger partial charge is 0.160 e. The summed E-state index contributed by atoms with van der Waals surface area (Å²) in [6.45, 7) is 2.99. The molecule has 1 N–H and O–H groups in total. The Hall–Kier alpha value is -3.33. The van der Waals surface area contributed by atoms with Crippen LogP contribution < -0.4 is 10.2 Å². The highest BCUT2D eigenvalue weighted by Gasteiger charge is 2.26. The number of aromatic nitrogens is 5. The summed E-state index contributed by atoms with van der Waals surface area (Å²) < 4.78 is 21.4. The molecule has 35 heavy (non-hydrogen) atoms. The molecule has 4 heterocycles. The highest BCUT2D eigenvalue weighted by molar-refractivity contribution is 5.78. The second-order valence-corrected chi connectivity index (χ2v) is 9.63. The summed E-state index contributed by atoms with van der Waals surface area (Å²) in [5.74, 6) is 1.64. The summed E-state index contributed by atoms with van der Waals surface area (Å²) in [4.78, 5) is 16.5. The van der Waals surface area contributed by atoms with Gasteiger partial charge in [0.25, 0.3) is 0 Å². The third kappa shape index (κ3) is 4.29. The molecule has 0 radical (unpaired) electrons. The molecule has 8 nitrogen and oxygen atoms in total. The molecule has 4 aromatic rings. The fourth-order valence-electron chi connectivity index (χ4n) is 5.25. The van der Waals surface area contributed by atoms with Crippen molar-refractivity contribution in [1.29, 1.82) is 0 Å². The number of halogens is 1. The maximum Gasteiger partial charge on any atom is 0.160 e. The number of hydrogen-bond acceptors (Lipinski definition) is 7. The quantitative estimate of drug-likeness (QED) is 0.453. The molecule has 9 heteroatoms. The van der Waals surface area contributed by atoms with Crippen molar-refractivity contribution in [3.05, 3.63) is 42.1 Å². The summed E-state index contributed by atoms with van der Waals surface area (Å²) in [6.07, 6.45) is 4.16. The Morgan fingerprint density at radius 1 is 1.00 bits per heavy atom. The standard InChI is InChI=1S/C26H30FN7O/c1-16-26(30-21-6-4-3-5-20(21)28-16)22-13-24-31-23(33-12-11-17(27)15-33)14-25(34(24)32-22)29-18-7-9-19(35-2)10-8-18/h3-6,13-14,17-19,29H,7-12,15H2,1-2H3/t17-,18-,19-/m0/s1. The zero-order chi connectivity index (χ0) is 23.9. The largest absolute Gasteiger partial charge is 0.381 e. The first-order chi connectivity index (χ1) is 17.1. The van der Waals surface area contributed by atoms with E-state index in [0.717, 1.165) is 65.4 Å². The van der Waals surface area contributed by atoms with E-state index in [4.69, 9.17) is 24.8 Å². The SMILES string of the molecule is CO[C@H]1CC[C@H](Nc2cc(N3CC[C@H](F)C3)nc3cc(-c4nc5ccccc5nc4C)nn23)CC1. The molecule has 1 aliphatic carbocycles. The molecule has 2 aliphatic rings. The lowest BCUT2D eigenvalue weighted by Crippen LogP contribution is -2.30. The molecule has 2 fully saturated rings. The van der Waals surface area contributed by atoms with Crippen LogP contribution in [0.3, 0.4) is 0 Å². The minimum absolute atomic E-state index is 0.321. The van der Waals surface area contributed by atoms with E-state index < -0.39 is 6.17 Å². The Kier molecular flexibility index (Phi) is 5.72. The van der Waals surface area contributed by atoms with Crippen LogP contribution in [0, 0.1) is 6.92 Å². The third-order valence-electron chi connectivity index (χ3n) is 7.22. The van der Waals surface area contributed by atoms with E-state index in [9.17, 15) is 4.39 Å². The summed E-state index contributed by atoms with van der Waals surface area (Å²) in [5.41, 5.74) is 4.69. The molecule has 6 rings (SSSR count). The molecule has 1 aromatic carbocycles. The highest BCUT2D eigenvalue weighted by atomic mass is 19.1. The monoisotopic (exact) mass is 475 g/mol. The van der Waals surface area contributed by atoms with E-state index in [2.05, 4.69) is 5.32 Å². The summed E-state index contributed by atoms with van der Waals surface area (Å²) >= 11 is 0. The number of alkyl halides is 1. The normalized spacial score (nSPS) is 22.8. The molecule has 182 valence electrons. The second kappa shape index (κ2) is 9.03. The van der Waals surface area contributed by atoms with E-state index in [0.29, 0.717) is 37.3 Å². The number of rotatable bonds is 5. The van der Waals surface area contributed by atoms with Crippen molar-refractivity contribution < 1.29 is 9.13 Å². The number of ether oxygens (including phenoxy) is 1. The molecule has 0 unspecified atom stereocenters. The lowest BCUT2D eigenvalue weighted by molar-refractivity contribution is 0.0681. The molecule has 0 spiro atoms. The molecule has 1 atom stereocenters. The van der Waals surface area contributed by atoms with Crippen molar-refractivity contribution in [2.75, 3.05) is 30.4 Å².